The van der Waals surface area contributed by atoms with Gasteiger partial charge in [-0.05, 0) is 26.7 Å². The van der Waals surface area contributed by atoms with Crippen LogP contribution in [0.5, 0.6) is 0 Å². The van der Waals surface area contributed by atoms with E-state index in [0.717, 1.165) is 25.8 Å². The lowest BCUT2D eigenvalue weighted by Gasteiger charge is -2.25. The first kappa shape index (κ1) is 13.0. The lowest BCUT2D eigenvalue weighted by molar-refractivity contribution is -0.130. The molecule has 1 rings (SSSR count). The van der Waals surface area contributed by atoms with Crippen molar-refractivity contribution in [3.8, 4) is 0 Å². The summed E-state index contributed by atoms with van der Waals surface area (Å²) in [4.78, 5) is 17.1. The van der Waals surface area contributed by atoms with Crippen LogP contribution in [-0.2, 0) is 4.79 Å². The second-order valence-corrected chi connectivity index (χ2v) is 4.93. The molecule has 0 aliphatic carbocycles. The maximum atomic E-state index is 11.9. The summed E-state index contributed by atoms with van der Waals surface area (Å²) in [7, 11) is 0. The fourth-order valence-corrected chi connectivity index (χ4v) is 1.72. The number of nitrogens with one attached hydrogen (secondary N) is 1. The minimum atomic E-state index is -0.223. The molecule has 0 bridgehead atoms. The van der Waals surface area contributed by atoms with Crippen LogP contribution in [0.4, 0.5) is 0 Å². The maximum absolute atomic E-state index is 11.9. The van der Waals surface area contributed by atoms with Gasteiger partial charge in [-0.1, -0.05) is 6.92 Å². The number of rotatable bonds is 4. The molecule has 1 saturated heterocycles. The summed E-state index contributed by atoms with van der Waals surface area (Å²) in [6.45, 7) is 14.4. The minimum Gasteiger partial charge on any atom is -0.303 e. The number of hydrogen-bond acceptors (Lipinski definition) is 2. The van der Waals surface area contributed by atoms with Crippen molar-refractivity contribution in [1.29, 1.82) is 0 Å². The molecule has 4 heteroatoms. The molecule has 0 aromatic rings. The molecule has 0 aromatic heterocycles. The molecule has 0 aromatic carbocycles. The fraction of sp³-hybridized carbons (Fsp3) is 0.833. The van der Waals surface area contributed by atoms with Gasteiger partial charge >= 0.3 is 6.17 Å². The van der Waals surface area contributed by atoms with Crippen LogP contribution in [0, 0.1) is 6.57 Å². The third-order valence-electron chi connectivity index (χ3n) is 3.29. The highest BCUT2D eigenvalue weighted by molar-refractivity contribution is 5.79. The van der Waals surface area contributed by atoms with Gasteiger partial charge in [-0.3, -0.25) is 14.5 Å². The molecule has 0 unspecified atom stereocenters. The molecule has 1 amide bonds. The Hall–Kier alpha value is -1.08. The smallest absolute Gasteiger partial charge is 0.300 e. The Labute approximate surface area is 97.8 Å². The van der Waals surface area contributed by atoms with Crippen LogP contribution in [0.1, 0.15) is 40.0 Å². The van der Waals surface area contributed by atoms with Crippen LogP contribution >= 0.6 is 0 Å². The van der Waals surface area contributed by atoms with Crippen molar-refractivity contribution in [1.82, 2.24) is 10.2 Å². The molecule has 1 fully saturated rings. The first-order chi connectivity index (χ1) is 7.50. The highest BCUT2D eigenvalue weighted by Crippen LogP contribution is 2.18. The Morgan fingerprint density at radius 1 is 1.62 bits per heavy atom. The molecule has 0 radical (unpaired) electrons. The Morgan fingerprint density at radius 3 is 2.88 bits per heavy atom. The van der Waals surface area contributed by atoms with E-state index in [1.165, 1.54) is 0 Å². The van der Waals surface area contributed by atoms with Crippen molar-refractivity contribution in [3.05, 3.63) is 11.4 Å². The highest BCUT2D eigenvalue weighted by atomic mass is 16.2. The molecule has 0 saturated carbocycles. The largest absolute Gasteiger partial charge is 0.303 e. The highest BCUT2D eigenvalue weighted by Gasteiger charge is 2.33. The van der Waals surface area contributed by atoms with Crippen LogP contribution in [0.15, 0.2) is 0 Å². The molecule has 1 N–H and O–H groups in total. The number of likely N-dealkylation sites (tertiary alicyclic amines) is 1. The third kappa shape index (κ3) is 3.21. The van der Waals surface area contributed by atoms with E-state index in [1.807, 2.05) is 0 Å². The van der Waals surface area contributed by atoms with Crippen LogP contribution in [0.3, 0.4) is 0 Å². The fourth-order valence-electron chi connectivity index (χ4n) is 1.72. The molecule has 1 atom stereocenters. The van der Waals surface area contributed by atoms with Crippen molar-refractivity contribution >= 4 is 5.91 Å². The Morgan fingerprint density at radius 2 is 2.31 bits per heavy atom. The maximum Gasteiger partial charge on any atom is 0.300 e. The van der Waals surface area contributed by atoms with E-state index in [1.54, 1.807) is 4.90 Å². The van der Waals surface area contributed by atoms with Crippen molar-refractivity contribution in [2.45, 2.75) is 51.7 Å². The summed E-state index contributed by atoms with van der Waals surface area (Å²) in [6, 6.07) is 0. The Kier molecular flexibility index (Phi) is 4.31. The quantitative estimate of drug-likeness (QED) is 0.735. The number of nitrogens with zero attached hydrogens (tertiary/aromatic N) is 2. The monoisotopic (exact) mass is 223 g/mol. The second kappa shape index (κ2) is 5.31. The molecule has 1 aliphatic heterocycles. The van der Waals surface area contributed by atoms with E-state index >= 15 is 0 Å². The van der Waals surface area contributed by atoms with E-state index in [9.17, 15) is 4.79 Å². The summed E-state index contributed by atoms with van der Waals surface area (Å²) < 4.78 is 0. The zero-order valence-corrected chi connectivity index (χ0v) is 10.4. The van der Waals surface area contributed by atoms with E-state index < -0.39 is 0 Å². The topological polar surface area (TPSA) is 36.7 Å². The van der Waals surface area contributed by atoms with Crippen molar-refractivity contribution < 1.29 is 4.79 Å². The van der Waals surface area contributed by atoms with Gasteiger partial charge in [0.05, 0.1) is 6.54 Å². The number of amides is 1. The van der Waals surface area contributed by atoms with Crippen LogP contribution < -0.4 is 5.32 Å². The summed E-state index contributed by atoms with van der Waals surface area (Å²) in [6.07, 6.45) is 2.54. The minimum absolute atomic E-state index is 0.0109. The zero-order valence-electron chi connectivity index (χ0n) is 10.4. The van der Waals surface area contributed by atoms with Gasteiger partial charge in [0.1, 0.15) is 0 Å². The molecule has 90 valence electrons. The summed E-state index contributed by atoms with van der Waals surface area (Å²) in [5.74, 6) is 0.0556. The number of carbonyl (C=O) groups is 1. The van der Waals surface area contributed by atoms with Gasteiger partial charge in [0, 0.05) is 18.5 Å². The summed E-state index contributed by atoms with van der Waals surface area (Å²) >= 11 is 0. The van der Waals surface area contributed by atoms with Crippen molar-refractivity contribution in [2.24, 2.45) is 0 Å². The van der Waals surface area contributed by atoms with Gasteiger partial charge in [0.25, 0.3) is 0 Å². The van der Waals surface area contributed by atoms with Gasteiger partial charge in [0.2, 0.25) is 5.91 Å². The van der Waals surface area contributed by atoms with Crippen molar-refractivity contribution in [3.63, 3.8) is 0 Å². The normalized spacial score (nSPS) is 20.9. The van der Waals surface area contributed by atoms with Crippen molar-refractivity contribution in [2.75, 3.05) is 13.1 Å². The van der Waals surface area contributed by atoms with Gasteiger partial charge in [-0.2, -0.15) is 0 Å². The van der Waals surface area contributed by atoms with E-state index in [0.29, 0.717) is 6.54 Å². The molecule has 4 nitrogen and oxygen atoms in total. The molecule has 16 heavy (non-hydrogen) atoms. The van der Waals surface area contributed by atoms with Gasteiger partial charge < -0.3 is 5.32 Å². The predicted octanol–water partition coefficient (Wildman–Crippen LogP) is 1.63. The van der Waals surface area contributed by atoms with Gasteiger partial charge in [0.15, 0.2) is 0 Å². The predicted molar refractivity (Wildman–Crippen MR) is 63.7 cm³/mol. The van der Waals surface area contributed by atoms with E-state index in [2.05, 4.69) is 30.9 Å². The van der Waals surface area contributed by atoms with Crippen LogP contribution in [0.2, 0.25) is 0 Å². The second-order valence-electron chi connectivity index (χ2n) is 4.93. The molecular formula is C12H21N3O. The average Bonchev–Trinajstić information content (AvgIpc) is 2.74. The van der Waals surface area contributed by atoms with Gasteiger partial charge in [-0.25, -0.2) is 6.57 Å². The standard InChI is InChI=1S/C12H21N3O/c1-5-12(2,3)14-9-11(16)15-8-6-7-10(15)13-4/h10,14H,5-9H2,1-3H3/t10-/m0/s1. The van der Waals surface area contributed by atoms with Crippen LogP contribution in [0.25, 0.3) is 4.85 Å². The van der Waals surface area contributed by atoms with E-state index in [4.69, 9.17) is 6.57 Å². The molecule has 1 aliphatic rings. The van der Waals surface area contributed by atoms with E-state index in [-0.39, 0.29) is 17.6 Å². The number of hydrogen-bond donors (Lipinski definition) is 1. The molecular weight excluding hydrogens is 202 g/mol. The first-order valence-electron chi connectivity index (χ1n) is 5.91. The first-order valence-corrected chi connectivity index (χ1v) is 5.91. The lowest BCUT2D eigenvalue weighted by atomic mass is 10.0. The average molecular weight is 223 g/mol. The van der Waals surface area contributed by atoms with Crippen LogP contribution in [-0.4, -0.2) is 35.6 Å². The molecule has 1 heterocycles. The lowest BCUT2D eigenvalue weighted by Crippen LogP contribution is -2.46. The third-order valence-corrected chi connectivity index (χ3v) is 3.29. The summed E-state index contributed by atoms with van der Waals surface area (Å²) in [5.41, 5.74) is -0.0109. The zero-order chi connectivity index (χ0) is 12.2. The van der Waals surface area contributed by atoms with Gasteiger partial charge in [-0.15, -0.1) is 0 Å². The Balaban J connectivity index is 2.44. The SMILES string of the molecule is [C-]#[N+][C@@H]1CCCN1C(=O)CNC(C)(C)CC. The molecule has 0 spiro atoms. The number of carbonyl (C=O) groups excluding carboxylic acids is 1. The summed E-state index contributed by atoms with van der Waals surface area (Å²) in [5, 5.41) is 3.24. The Bertz CT molecular complexity index is 293.